The summed E-state index contributed by atoms with van der Waals surface area (Å²) in [5.74, 6) is 1.87. The smallest absolute Gasteiger partial charge is 0.230 e. The van der Waals surface area contributed by atoms with Crippen molar-refractivity contribution in [2.45, 2.75) is 95.8 Å². The van der Waals surface area contributed by atoms with Gasteiger partial charge in [-0.2, -0.15) is 0 Å². The molecule has 0 radical (unpaired) electrons. The van der Waals surface area contributed by atoms with E-state index in [1.807, 2.05) is 24.3 Å². The molecule has 176 valence electrons. The van der Waals surface area contributed by atoms with Crippen LogP contribution in [0.1, 0.15) is 78.1 Å². The molecule has 1 N–H and O–H groups in total. The van der Waals surface area contributed by atoms with Crippen LogP contribution in [-0.2, 0) is 11.3 Å². The summed E-state index contributed by atoms with van der Waals surface area (Å²) in [5, 5.41) is 13.7. The number of hydrogen-bond donors (Lipinski definition) is 1. The third-order valence-corrected chi connectivity index (χ3v) is 7.56. The van der Waals surface area contributed by atoms with Gasteiger partial charge >= 0.3 is 0 Å². The number of hydrogen-bond acceptors (Lipinski definition) is 4. The van der Waals surface area contributed by atoms with Gasteiger partial charge < -0.3 is 9.88 Å². The summed E-state index contributed by atoms with van der Waals surface area (Å²) in [4.78, 5) is 12.6. The molecule has 3 rings (SSSR count). The average Bonchev–Trinajstić information content (AvgIpc) is 3.19. The van der Waals surface area contributed by atoms with E-state index < -0.39 is 0 Å². The maximum absolute atomic E-state index is 12.6. The van der Waals surface area contributed by atoms with Crippen LogP contribution in [-0.4, -0.2) is 32.5 Å². The number of nitrogens with one attached hydrogen (secondary N) is 1. The number of rotatable bonds is 12. The Morgan fingerprint density at radius 1 is 1.09 bits per heavy atom. The number of thioether (sulfide) groups is 1. The van der Waals surface area contributed by atoms with Gasteiger partial charge in [0.2, 0.25) is 5.91 Å². The zero-order valence-electron chi connectivity index (χ0n) is 19.5. The molecule has 1 saturated carbocycles. The van der Waals surface area contributed by atoms with E-state index >= 15 is 0 Å². The molecule has 7 heteroatoms. The molecule has 1 heterocycles. The number of halogens is 1. The molecule has 32 heavy (non-hydrogen) atoms. The molecule has 0 bridgehead atoms. The summed E-state index contributed by atoms with van der Waals surface area (Å²) in [5.41, 5.74) is 1.00. The number of carbonyl (C=O) groups excluding carboxylic acids is 1. The van der Waals surface area contributed by atoms with Gasteiger partial charge in [-0.3, -0.25) is 4.79 Å². The maximum Gasteiger partial charge on any atom is 0.230 e. The lowest BCUT2D eigenvalue weighted by Gasteiger charge is -2.29. The number of amides is 1. The summed E-state index contributed by atoms with van der Waals surface area (Å²) in [6, 6.07) is 8.03. The fourth-order valence-corrected chi connectivity index (χ4v) is 5.27. The number of unbranched alkanes of at least 4 members (excludes halogenated alkanes) is 5. The van der Waals surface area contributed by atoms with Crippen LogP contribution < -0.4 is 5.32 Å². The minimum absolute atomic E-state index is 0.0934. The van der Waals surface area contributed by atoms with Gasteiger partial charge in [-0.25, -0.2) is 0 Å². The molecule has 2 atom stereocenters. The molecule has 2 unspecified atom stereocenters. The van der Waals surface area contributed by atoms with Crippen molar-refractivity contribution in [1.29, 1.82) is 0 Å². The monoisotopic (exact) mass is 476 g/mol. The van der Waals surface area contributed by atoms with Crippen molar-refractivity contribution in [2.75, 3.05) is 5.75 Å². The fourth-order valence-electron chi connectivity index (χ4n) is 4.37. The highest BCUT2D eigenvalue weighted by molar-refractivity contribution is 7.99. The van der Waals surface area contributed by atoms with E-state index in [-0.39, 0.29) is 5.91 Å². The van der Waals surface area contributed by atoms with Crippen LogP contribution in [0.3, 0.4) is 0 Å². The summed E-state index contributed by atoms with van der Waals surface area (Å²) in [6.07, 6.45) is 12.2. The quantitative estimate of drug-likeness (QED) is 0.272. The molecule has 1 aliphatic carbocycles. The summed E-state index contributed by atoms with van der Waals surface area (Å²) < 4.78 is 2.17. The Kier molecular flexibility index (Phi) is 10.4. The fraction of sp³-hybridized carbons (Fsp3) is 0.640. The zero-order valence-corrected chi connectivity index (χ0v) is 21.1. The first kappa shape index (κ1) is 25.1. The van der Waals surface area contributed by atoms with Crippen LogP contribution in [0.5, 0.6) is 0 Å². The molecule has 1 amide bonds. The van der Waals surface area contributed by atoms with E-state index in [1.54, 1.807) is 0 Å². The van der Waals surface area contributed by atoms with E-state index in [9.17, 15) is 4.79 Å². The van der Waals surface area contributed by atoms with Crippen LogP contribution in [0, 0.1) is 5.92 Å². The Balaban J connectivity index is 1.63. The Morgan fingerprint density at radius 2 is 1.81 bits per heavy atom. The second-order valence-electron chi connectivity index (χ2n) is 8.96. The molecule has 1 aliphatic rings. The topological polar surface area (TPSA) is 59.8 Å². The van der Waals surface area contributed by atoms with Gasteiger partial charge in [-0.15, -0.1) is 10.2 Å². The molecule has 5 nitrogen and oxygen atoms in total. The van der Waals surface area contributed by atoms with Crippen LogP contribution in [0.15, 0.2) is 29.4 Å². The third kappa shape index (κ3) is 7.51. The number of benzene rings is 1. The molecule has 2 aromatic rings. The third-order valence-electron chi connectivity index (χ3n) is 6.34. The van der Waals surface area contributed by atoms with Gasteiger partial charge in [0, 0.05) is 23.2 Å². The first-order valence-electron chi connectivity index (χ1n) is 12.2. The minimum Gasteiger partial charge on any atom is -0.352 e. The Hall–Kier alpha value is -1.53. The zero-order chi connectivity index (χ0) is 22.8. The molecule has 0 saturated heterocycles. The second kappa shape index (κ2) is 13.2. The minimum atomic E-state index is 0.0934. The maximum atomic E-state index is 12.6. The normalized spacial score (nSPS) is 18.6. The second-order valence-corrected chi connectivity index (χ2v) is 10.3. The van der Waals surface area contributed by atoms with Gasteiger partial charge in [0.1, 0.15) is 0 Å². The molecule has 1 aromatic heterocycles. The predicted molar refractivity (Wildman–Crippen MR) is 134 cm³/mol. The largest absolute Gasteiger partial charge is 0.352 e. The highest BCUT2D eigenvalue weighted by Crippen LogP contribution is 2.27. The van der Waals surface area contributed by atoms with Crippen molar-refractivity contribution in [1.82, 2.24) is 20.1 Å². The summed E-state index contributed by atoms with van der Waals surface area (Å²) in [7, 11) is 0. The van der Waals surface area contributed by atoms with Crippen LogP contribution >= 0.6 is 23.4 Å². The predicted octanol–water partition coefficient (Wildman–Crippen LogP) is 6.75. The molecular weight excluding hydrogens is 440 g/mol. The van der Waals surface area contributed by atoms with Gasteiger partial charge in [0.05, 0.1) is 5.75 Å². The van der Waals surface area contributed by atoms with E-state index in [0.717, 1.165) is 35.9 Å². The Morgan fingerprint density at radius 3 is 2.56 bits per heavy atom. The van der Waals surface area contributed by atoms with E-state index in [4.69, 9.17) is 11.6 Å². The van der Waals surface area contributed by atoms with E-state index in [0.29, 0.717) is 22.7 Å². The van der Waals surface area contributed by atoms with Gasteiger partial charge in [-0.05, 0) is 49.4 Å². The number of aromatic nitrogens is 3. The van der Waals surface area contributed by atoms with Crippen LogP contribution in [0.25, 0.3) is 11.4 Å². The standard InChI is InChI=1S/C25H37ClN4OS/c1-3-4-5-6-7-10-17-30-24(20-13-15-21(26)16-14-20)28-29-25(30)32-18-23(31)27-22-12-9-8-11-19(22)2/h13-16,19,22H,3-12,17-18H2,1-2H3,(H,27,31). The highest BCUT2D eigenvalue weighted by Gasteiger charge is 2.23. The Bertz CT molecular complexity index is 839. The molecule has 0 aliphatic heterocycles. The van der Waals surface area contributed by atoms with E-state index in [2.05, 4.69) is 33.9 Å². The SMILES string of the molecule is CCCCCCCCn1c(SCC(=O)NC2CCCCC2C)nnc1-c1ccc(Cl)cc1. The average molecular weight is 477 g/mol. The molecule has 0 spiro atoms. The number of carbonyl (C=O) groups is 1. The lowest BCUT2D eigenvalue weighted by atomic mass is 9.86. The summed E-state index contributed by atoms with van der Waals surface area (Å²) in [6.45, 7) is 5.34. The first-order chi connectivity index (χ1) is 15.6. The van der Waals surface area contributed by atoms with Crippen molar-refractivity contribution in [3.05, 3.63) is 29.3 Å². The summed E-state index contributed by atoms with van der Waals surface area (Å²) >= 11 is 7.56. The van der Waals surface area contributed by atoms with Gasteiger partial charge in [-0.1, -0.05) is 82.2 Å². The molecular formula is C25H37ClN4OS. The lowest BCUT2D eigenvalue weighted by Crippen LogP contribution is -2.41. The number of nitrogens with zero attached hydrogens (tertiary/aromatic N) is 3. The van der Waals surface area contributed by atoms with Crippen molar-refractivity contribution in [2.24, 2.45) is 5.92 Å². The first-order valence-corrected chi connectivity index (χ1v) is 13.6. The van der Waals surface area contributed by atoms with Gasteiger partial charge in [0.25, 0.3) is 0 Å². The van der Waals surface area contributed by atoms with Gasteiger partial charge in [0.15, 0.2) is 11.0 Å². The van der Waals surface area contributed by atoms with Crippen LogP contribution in [0.4, 0.5) is 0 Å². The van der Waals surface area contributed by atoms with E-state index in [1.165, 1.54) is 63.1 Å². The molecule has 1 aromatic carbocycles. The molecule has 1 fully saturated rings. The lowest BCUT2D eigenvalue weighted by molar-refractivity contribution is -0.119. The Labute approximate surface area is 202 Å². The van der Waals surface area contributed by atoms with Crippen molar-refractivity contribution < 1.29 is 4.79 Å². The van der Waals surface area contributed by atoms with Crippen LogP contribution in [0.2, 0.25) is 5.02 Å². The van der Waals surface area contributed by atoms with Crippen molar-refractivity contribution in [3.63, 3.8) is 0 Å². The highest BCUT2D eigenvalue weighted by atomic mass is 35.5. The van der Waals surface area contributed by atoms with Crippen molar-refractivity contribution >= 4 is 29.3 Å². The van der Waals surface area contributed by atoms with Crippen molar-refractivity contribution in [3.8, 4) is 11.4 Å².